The third-order valence-corrected chi connectivity index (χ3v) is 4.44. The predicted octanol–water partition coefficient (Wildman–Crippen LogP) is 3.94. The number of halogens is 1. The molecule has 0 spiro atoms. The van der Waals surface area contributed by atoms with Gasteiger partial charge in [0.15, 0.2) is 0 Å². The van der Waals surface area contributed by atoms with Crippen LogP contribution in [0.2, 0.25) is 5.02 Å². The molecule has 2 rings (SSSR count). The fraction of sp³-hybridized carbons (Fsp3) is 0.688. The van der Waals surface area contributed by atoms with E-state index in [-0.39, 0.29) is 0 Å². The van der Waals surface area contributed by atoms with Crippen LogP contribution < -0.4 is 5.32 Å². The summed E-state index contributed by atoms with van der Waals surface area (Å²) in [5.41, 5.74) is 1.55. The molecule has 19 heavy (non-hydrogen) atoms. The molecule has 1 saturated carbocycles. The average Bonchev–Trinajstić information content (AvgIpc) is 3.16. The summed E-state index contributed by atoms with van der Waals surface area (Å²) in [6, 6.07) is 2.06. The summed E-state index contributed by atoms with van der Waals surface area (Å²) < 4.78 is 0. The van der Waals surface area contributed by atoms with Crippen LogP contribution in [0.5, 0.6) is 0 Å². The van der Waals surface area contributed by atoms with Crippen LogP contribution in [0, 0.1) is 17.3 Å². The topological polar surface area (TPSA) is 24.9 Å². The van der Waals surface area contributed by atoms with E-state index in [1.165, 1.54) is 18.4 Å². The molecule has 0 amide bonds. The highest BCUT2D eigenvalue weighted by Crippen LogP contribution is 2.47. The number of hydrogen-bond donors (Lipinski definition) is 1. The minimum absolute atomic E-state index is 0.319. The van der Waals surface area contributed by atoms with Gasteiger partial charge in [-0.1, -0.05) is 32.4 Å². The van der Waals surface area contributed by atoms with Gasteiger partial charge in [-0.3, -0.25) is 4.98 Å². The third-order valence-electron chi connectivity index (χ3n) is 4.10. The first-order chi connectivity index (χ1) is 9.01. The fourth-order valence-electron chi connectivity index (χ4n) is 2.76. The highest BCUT2D eigenvalue weighted by atomic mass is 35.5. The first kappa shape index (κ1) is 14.8. The molecular formula is C16H25ClN2. The molecule has 0 saturated heterocycles. The van der Waals surface area contributed by atoms with Crippen molar-refractivity contribution in [2.45, 2.75) is 40.0 Å². The molecule has 1 aromatic heterocycles. The van der Waals surface area contributed by atoms with Gasteiger partial charge in [-0.25, -0.2) is 0 Å². The molecule has 106 valence electrons. The van der Waals surface area contributed by atoms with E-state index in [1.54, 1.807) is 6.20 Å². The molecule has 1 unspecified atom stereocenters. The Labute approximate surface area is 122 Å². The van der Waals surface area contributed by atoms with Crippen molar-refractivity contribution in [3.63, 3.8) is 0 Å². The Hall–Kier alpha value is -0.600. The van der Waals surface area contributed by atoms with Crippen LogP contribution in [0.4, 0.5) is 0 Å². The normalized spacial score (nSPS) is 18.6. The highest BCUT2D eigenvalue weighted by Gasteiger charge is 2.41. The van der Waals surface area contributed by atoms with Crippen LogP contribution >= 0.6 is 11.6 Å². The zero-order valence-corrected chi connectivity index (χ0v) is 13.0. The number of hydrogen-bond acceptors (Lipinski definition) is 2. The van der Waals surface area contributed by atoms with Gasteiger partial charge in [0.2, 0.25) is 0 Å². The zero-order chi connectivity index (χ0) is 13.9. The Bertz CT molecular complexity index is 415. The van der Waals surface area contributed by atoms with Gasteiger partial charge < -0.3 is 5.32 Å². The molecule has 1 aromatic rings. The van der Waals surface area contributed by atoms with Crippen LogP contribution in [-0.2, 0) is 6.42 Å². The van der Waals surface area contributed by atoms with E-state index >= 15 is 0 Å². The summed E-state index contributed by atoms with van der Waals surface area (Å²) in [6.07, 6.45) is 7.37. The smallest absolute Gasteiger partial charge is 0.0621 e. The van der Waals surface area contributed by atoms with Crippen LogP contribution in [0.1, 0.15) is 39.2 Å². The van der Waals surface area contributed by atoms with E-state index in [2.05, 4.69) is 37.1 Å². The van der Waals surface area contributed by atoms with E-state index in [4.69, 9.17) is 11.6 Å². The van der Waals surface area contributed by atoms with Crippen molar-refractivity contribution in [2.75, 3.05) is 13.1 Å². The number of rotatable bonds is 7. The van der Waals surface area contributed by atoms with E-state index < -0.39 is 0 Å². The molecule has 1 N–H and O–H groups in total. The quantitative estimate of drug-likeness (QED) is 0.818. The van der Waals surface area contributed by atoms with Crippen LogP contribution in [-0.4, -0.2) is 18.1 Å². The van der Waals surface area contributed by atoms with Gasteiger partial charge in [0.25, 0.3) is 0 Å². The van der Waals surface area contributed by atoms with E-state index in [1.807, 2.05) is 6.20 Å². The molecule has 2 nitrogen and oxygen atoms in total. The molecular weight excluding hydrogens is 256 g/mol. The van der Waals surface area contributed by atoms with Crippen molar-refractivity contribution >= 4 is 11.6 Å². The Morgan fingerprint density at radius 1 is 1.47 bits per heavy atom. The van der Waals surface area contributed by atoms with Crippen molar-refractivity contribution in [1.82, 2.24) is 10.3 Å². The Morgan fingerprint density at radius 2 is 2.21 bits per heavy atom. The summed E-state index contributed by atoms with van der Waals surface area (Å²) in [6.45, 7) is 9.07. The molecule has 1 fully saturated rings. The summed E-state index contributed by atoms with van der Waals surface area (Å²) in [5.74, 6) is 1.55. The Balaban J connectivity index is 2.01. The lowest BCUT2D eigenvalue weighted by molar-refractivity contribution is 0.252. The summed E-state index contributed by atoms with van der Waals surface area (Å²) in [5, 5.41) is 4.43. The number of nitrogens with one attached hydrogen (secondary N) is 1. The van der Waals surface area contributed by atoms with E-state index in [0.29, 0.717) is 11.3 Å². The Kier molecular flexibility index (Phi) is 4.86. The zero-order valence-electron chi connectivity index (χ0n) is 12.2. The Morgan fingerprint density at radius 3 is 2.79 bits per heavy atom. The average molecular weight is 281 g/mol. The monoisotopic (exact) mass is 280 g/mol. The van der Waals surface area contributed by atoms with Crippen molar-refractivity contribution in [3.05, 3.63) is 29.0 Å². The molecule has 1 aliphatic rings. The maximum atomic E-state index is 6.26. The van der Waals surface area contributed by atoms with Crippen molar-refractivity contribution in [3.8, 4) is 0 Å². The van der Waals surface area contributed by atoms with Crippen molar-refractivity contribution < 1.29 is 0 Å². The summed E-state index contributed by atoms with van der Waals surface area (Å²) >= 11 is 6.26. The van der Waals surface area contributed by atoms with Gasteiger partial charge in [0, 0.05) is 18.9 Å². The lowest BCUT2D eigenvalue weighted by atomic mass is 9.79. The molecule has 3 heteroatoms. The second kappa shape index (κ2) is 6.23. The van der Waals surface area contributed by atoms with E-state index in [0.717, 1.165) is 30.5 Å². The molecule has 0 radical (unpaired) electrons. The summed E-state index contributed by atoms with van der Waals surface area (Å²) in [4.78, 5) is 4.07. The molecule has 1 heterocycles. The molecule has 1 atom stereocenters. The van der Waals surface area contributed by atoms with Crippen LogP contribution in [0.15, 0.2) is 18.5 Å². The first-order valence-corrected chi connectivity index (χ1v) is 7.68. The number of nitrogens with zero attached hydrogens (tertiary/aromatic N) is 1. The highest BCUT2D eigenvalue weighted by molar-refractivity contribution is 6.31. The lowest BCUT2D eigenvalue weighted by Gasteiger charge is -2.31. The van der Waals surface area contributed by atoms with E-state index in [9.17, 15) is 0 Å². The SMILES string of the molecule is CC(C)CNCC(C)(Cc1ccncc1Cl)C1CC1. The fourth-order valence-corrected chi connectivity index (χ4v) is 2.95. The lowest BCUT2D eigenvalue weighted by Crippen LogP contribution is -2.37. The molecule has 0 bridgehead atoms. The summed E-state index contributed by atoms with van der Waals surface area (Å²) in [7, 11) is 0. The van der Waals surface area contributed by atoms with Crippen molar-refractivity contribution in [2.24, 2.45) is 17.3 Å². The molecule has 1 aliphatic carbocycles. The number of pyridine rings is 1. The van der Waals surface area contributed by atoms with Crippen molar-refractivity contribution in [1.29, 1.82) is 0 Å². The molecule has 0 aromatic carbocycles. The first-order valence-electron chi connectivity index (χ1n) is 7.30. The van der Waals surface area contributed by atoms with Gasteiger partial charge in [-0.15, -0.1) is 0 Å². The minimum Gasteiger partial charge on any atom is -0.316 e. The third kappa shape index (κ3) is 4.19. The van der Waals surface area contributed by atoms with Gasteiger partial charge in [-0.2, -0.15) is 0 Å². The maximum Gasteiger partial charge on any atom is 0.0621 e. The van der Waals surface area contributed by atoms with Crippen LogP contribution in [0.3, 0.4) is 0 Å². The van der Waals surface area contributed by atoms with Gasteiger partial charge in [0.1, 0.15) is 0 Å². The van der Waals surface area contributed by atoms with Gasteiger partial charge in [0.05, 0.1) is 5.02 Å². The maximum absolute atomic E-state index is 6.26. The van der Waals surface area contributed by atoms with Gasteiger partial charge >= 0.3 is 0 Å². The second-order valence-electron chi connectivity index (χ2n) is 6.60. The standard InChI is InChI=1S/C16H25ClN2/c1-12(2)9-19-11-16(3,14-4-5-14)8-13-6-7-18-10-15(13)17/h6-7,10,12,14,19H,4-5,8-9,11H2,1-3H3. The van der Waals surface area contributed by atoms with Gasteiger partial charge in [-0.05, 0) is 54.7 Å². The number of aromatic nitrogens is 1. The molecule has 0 aliphatic heterocycles. The second-order valence-corrected chi connectivity index (χ2v) is 7.00. The largest absolute Gasteiger partial charge is 0.316 e. The minimum atomic E-state index is 0.319. The van der Waals surface area contributed by atoms with Crippen LogP contribution in [0.25, 0.3) is 0 Å². The predicted molar refractivity (Wildman–Crippen MR) is 81.5 cm³/mol.